The summed E-state index contributed by atoms with van der Waals surface area (Å²) in [6, 6.07) is 0. The molecule has 2 nitrogen and oxygen atoms in total. The molecule has 0 saturated heterocycles. The lowest BCUT2D eigenvalue weighted by Crippen LogP contribution is -2.37. The van der Waals surface area contributed by atoms with E-state index >= 15 is 0 Å². The molecule has 1 aliphatic carbocycles. The molecule has 0 unspecified atom stereocenters. The second kappa shape index (κ2) is 4.75. The molecular weight excluding hydrogens is 162 g/mol. The van der Waals surface area contributed by atoms with Gasteiger partial charge in [-0.3, -0.25) is 4.79 Å². The van der Waals surface area contributed by atoms with Crippen LogP contribution in [0.1, 0.15) is 51.9 Å². The van der Waals surface area contributed by atoms with Gasteiger partial charge >= 0.3 is 0 Å². The Hall–Kier alpha value is -0.370. The van der Waals surface area contributed by atoms with Crippen molar-refractivity contribution in [3.63, 3.8) is 0 Å². The van der Waals surface area contributed by atoms with E-state index < -0.39 is 0 Å². The van der Waals surface area contributed by atoms with Crippen molar-refractivity contribution in [3.8, 4) is 0 Å². The third-order valence-corrected chi connectivity index (χ3v) is 3.36. The average molecular weight is 183 g/mol. The number of Topliss-reactive ketones (excluding diaryl/α,β-unsaturated/α-hetero) is 1. The minimum absolute atomic E-state index is 0.148. The molecule has 2 N–H and O–H groups in total. The number of carbonyl (C=O) groups is 1. The van der Waals surface area contributed by atoms with Gasteiger partial charge in [0, 0.05) is 18.4 Å². The van der Waals surface area contributed by atoms with Gasteiger partial charge in [-0.25, -0.2) is 0 Å². The first kappa shape index (κ1) is 10.7. The zero-order valence-corrected chi connectivity index (χ0v) is 8.64. The van der Waals surface area contributed by atoms with Crippen molar-refractivity contribution < 1.29 is 4.79 Å². The van der Waals surface area contributed by atoms with Crippen LogP contribution >= 0.6 is 0 Å². The predicted molar refractivity (Wildman–Crippen MR) is 54.5 cm³/mol. The molecule has 0 spiro atoms. The van der Waals surface area contributed by atoms with Gasteiger partial charge in [0.05, 0.1) is 0 Å². The number of nitrogens with two attached hydrogens (primary N) is 1. The molecule has 76 valence electrons. The third-order valence-electron chi connectivity index (χ3n) is 3.36. The molecule has 0 heterocycles. The average Bonchev–Trinajstić information content (AvgIpc) is 2.42. The van der Waals surface area contributed by atoms with Crippen molar-refractivity contribution in [2.24, 2.45) is 11.1 Å². The standard InChI is InChI=1S/C11H21NO/c1-2-10(13)11(9-12)7-5-3-4-6-8-11/h2-9,12H2,1H3. The lowest BCUT2D eigenvalue weighted by molar-refractivity contribution is -0.128. The van der Waals surface area contributed by atoms with Crippen LogP contribution in [0.4, 0.5) is 0 Å². The fourth-order valence-electron chi connectivity index (χ4n) is 2.38. The highest BCUT2D eigenvalue weighted by Crippen LogP contribution is 2.35. The first-order chi connectivity index (χ1) is 6.25. The van der Waals surface area contributed by atoms with E-state index in [1.165, 1.54) is 25.7 Å². The molecule has 1 aliphatic rings. The lowest BCUT2D eigenvalue weighted by Gasteiger charge is -2.29. The zero-order valence-electron chi connectivity index (χ0n) is 8.64. The topological polar surface area (TPSA) is 43.1 Å². The maximum absolute atomic E-state index is 11.8. The van der Waals surface area contributed by atoms with Gasteiger partial charge in [0.2, 0.25) is 0 Å². The van der Waals surface area contributed by atoms with Crippen LogP contribution < -0.4 is 5.73 Å². The first-order valence-corrected chi connectivity index (χ1v) is 5.48. The zero-order chi connectivity index (χ0) is 9.73. The summed E-state index contributed by atoms with van der Waals surface area (Å²) < 4.78 is 0. The number of hydrogen-bond donors (Lipinski definition) is 1. The molecule has 0 radical (unpaired) electrons. The van der Waals surface area contributed by atoms with E-state index in [9.17, 15) is 4.79 Å². The third kappa shape index (κ3) is 2.31. The van der Waals surface area contributed by atoms with Gasteiger partial charge in [-0.15, -0.1) is 0 Å². The number of ketones is 1. The van der Waals surface area contributed by atoms with E-state index in [0.717, 1.165) is 12.8 Å². The molecular formula is C11H21NO. The van der Waals surface area contributed by atoms with E-state index in [0.29, 0.717) is 18.7 Å². The highest BCUT2D eigenvalue weighted by molar-refractivity contribution is 5.84. The second-order valence-electron chi connectivity index (χ2n) is 4.18. The Kier molecular flexibility index (Phi) is 3.91. The normalized spacial score (nSPS) is 22.3. The Morgan fingerprint density at radius 2 is 1.77 bits per heavy atom. The summed E-state index contributed by atoms with van der Waals surface area (Å²) in [4.78, 5) is 11.8. The second-order valence-corrected chi connectivity index (χ2v) is 4.18. The Balaban J connectivity index is 2.70. The first-order valence-electron chi connectivity index (χ1n) is 5.48. The molecule has 0 aromatic rings. The largest absolute Gasteiger partial charge is 0.329 e. The predicted octanol–water partition coefficient (Wildman–Crippen LogP) is 2.26. The monoisotopic (exact) mass is 183 g/mol. The Morgan fingerprint density at radius 1 is 1.23 bits per heavy atom. The summed E-state index contributed by atoms with van der Waals surface area (Å²) in [5, 5.41) is 0. The summed E-state index contributed by atoms with van der Waals surface area (Å²) in [6.45, 7) is 2.50. The molecule has 1 saturated carbocycles. The van der Waals surface area contributed by atoms with Gasteiger partial charge in [0.1, 0.15) is 5.78 Å². The summed E-state index contributed by atoms with van der Waals surface area (Å²) in [5.41, 5.74) is 5.62. The molecule has 0 atom stereocenters. The highest BCUT2D eigenvalue weighted by atomic mass is 16.1. The summed E-state index contributed by atoms with van der Waals surface area (Å²) >= 11 is 0. The van der Waals surface area contributed by atoms with E-state index in [4.69, 9.17) is 5.73 Å². The van der Waals surface area contributed by atoms with Gasteiger partial charge in [-0.2, -0.15) is 0 Å². The van der Waals surface area contributed by atoms with Crippen molar-refractivity contribution in [2.45, 2.75) is 51.9 Å². The molecule has 13 heavy (non-hydrogen) atoms. The van der Waals surface area contributed by atoms with E-state index in [-0.39, 0.29) is 5.41 Å². The van der Waals surface area contributed by atoms with Gasteiger partial charge in [-0.05, 0) is 12.8 Å². The molecule has 0 aliphatic heterocycles. The van der Waals surface area contributed by atoms with Crippen LogP contribution in [-0.2, 0) is 4.79 Å². The van der Waals surface area contributed by atoms with E-state index in [1.807, 2.05) is 6.92 Å². The molecule has 0 amide bonds. The summed E-state index contributed by atoms with van der Waals surface area (Å²) in [6.07, 6.45) is 7.62. The van der Waals surface area contributed by atoms with Crippen LogP contribution in [0.25, 0.3) is 0 Å². The number of hydrogen-bond acceptors (Lipinski definition) is 2. The maximum Gasteiger partial charge on any atom is 0.140 e. The van der Waals surface area contributed by atoms with Crippen molar-refractivity contribution in [3.05, 3.63) is 0 Å². The fourth-order valence-corrected chi connectivity index (χ4v) is 2.38. The SMILES string of the molecule is CCC(=O)C1(CN)CCCCCC1. The van der Waals surface area contributed by atoms with Crippen molar-refractivity contribution >= 4 is 5.78 Å². The van der Waals surface area contributed by atoms with Crippen molar-refractivity contribution in [2.75, 3.05) is 6.54 Å². The van der Waals surface area contributed by atoms with Crippen LogP contribution in [0.3, 0.4) is 0 Å². The van der Waals surface area contributed by atoms with Crippen LogP contribution in [0.15, 0.2) is 0 Å². The van der Waals surface area contributed by atoms with Crippen molar-refractivity contribution in [1.29, 1.82) is 0 Å². The molecule has 2 heteroatoms. The minimum Gasteiger partial charge on any atom is -0.329 e. The molecule has 1 rings (SSSR count). The smallest absolute Gasteiger partial charge is 0.140 e. The molecule has 0 aromatic carbocycles. The fraction of sp³-hybridized carbons (Fsp3) is 0.909. The van der Waals surface area contributed by atoms with Crippen LogP contribution in [0.5, 0.6) is 0 Å². The minimum atomic E-state index is -0.148. The summed E-state index contributed by atoms with van der Waals surface area (Å²) in [5.74, 6) is 0.386. The Bertz CT molecular complexity index is 169. The molecule has 0 aromatic heterocycles. The Morgan fingerprint density at radius 3 is 2.15 bits per heavy atom. The van der Waals surface area contributed by atoms with Gasteiger partial charge in [0.15, 0.2) is 0 Å². The summed E-state index contributed by atoms with van der Waals surface area (Å²) in [7, 11) is 0. The number of carbonyl (C=O) groups excluding carboxylic acids is 1. The quantitative estimate of drug-likeness (QED) is 0.682. The Labute approximate surface area is 80.9 Å². The lowest BCUT2D eigenvalue weighted by atomic mass is 9.76. The van der Waals surface area contributed by atoms with Crippen LogP contribution in [0, 0.1) is 5.41 Å². The van der Waals surface area contributed by atoms with Gasteiger partial charge < -0.3 is 5.73 Å². The van der Waals surface area contributed by atoms with Gasteiger partial charge in [-0.1, -0.05) is 32.6 Å². The molecule has 1 fully saturated rings. The van der Waals surface area contributed by atoms with Crippen LogP contribution in [-0.4, -0.2) is 12.3 Å². The van der Waals surface area contributed by atoms with E-state index in [1.54, 1.807) is 0 Å². The number of rotatable bonds is 3. The van der Waals surface area contributed by atoms with Crippen LogP contribution in [0.2, 0.25) is 0 Å². The molecule has 0 bridgehead atoms. The highest BCUT2D eigenvalue weighted by Gasteiger charge is 2.35. The maximum atomic E-state index is 11.8. The van der Waals surface area contributed by atoms with Gasteiger partial charge in [0.25, 0.3) is 0 Å². The van der Waals surface area contributed by atoms with E-state index in [2.05, 4.69) is 0 Å². The van der Waals surface area contributed by atoms with Crippen molar-refractivity contribution in [1.82, 2.24) is 0 Å².